The molecule has 1 aliphatic heterocycles. The van der Waals surface area contributed by atoms with Crippen LogP contribution in [-0.2, 0) is 0 Å². The normalized spacial score (nSPS) is 21.2. The fraction of sp³-hybridized carbons (Fsp3) is 0.571. The number of aromatic carboxylic acids is 1. The third-order valence-electron chi connectivity index (χ3n) is 3.71. The van der Waals surface area contributed by atoms with E-state index in [9.17, 15) is 9.90 Å². The molecular formula is C14H21N3O2. The molecule has 1 N–H and O–H groups in total. The lowest BCUT2D eigenvalue weighted by molar-refractivity contribution is 0.0697. The van der Waals surface area contributed by atoms with Gasteiger partial charge in [-0.25, -0.2) is 4.79 Å². The molecule has 0 aliphatic carbocycles. The van der Waals surface area contributed by atoms with Crippen LogP contribution in [0.1, 0.15) is 30.1 Å². The molecule has 19 heavy (non-hydrogen) atoms. The highest BCUT2D eigenvalue weighted by atomic mass is 16.4. The number of carboxylic acids is 1. The molecule has 0 radical (unpaired) electrons. The standard InChI is InChI=1S/C14H21N3O2/c1-3-11-10-16(2)7-4-8-17(11)13-9-15-6-5-12(13)14(18)19/h5-6,9,11H,3-4,7-8,10H2,1-2H3,(H,18,19). The van der Waals surface area contributed by atoms with Crippen molar-refractivity contribution in [2.45, 2.75) is 25.8 Å². The smallest absolute Gasteiger partial charge is 0.337 e. The number of rotatable bonds is 3. The minimum absolute atomic E-state index is 0.342. The van der Waals surface area contributed by atoms with Gasteiger partial charge in [-0.3, -0.25) is 4.98 Å². The van der Waals surface area contributed by atoms with Crippen LogP contribution in [0, 0.1) is 0 Å². The van der Waals surface area contributed by atoms with E-state index in [1.807, 2.05) is 0 Å². The van der Waals surface area contributed by atoms with E-state index >= 15 is 0 Å². The largest absolute Gasteiger partial charge is 0.478 e. The number of hydrogen-bond acceptors (Lipinski definition) is 4. The Kier molecular flexibility index (Phi) is 4.37. The number of anilines is 1. The van der Waals surface area contributed by atoms with E-state index in [-0.39, 0.29) is 0 Å². The Balaban J connectivity index is 2.35. The molecule has 2 heterocycles. The summed E-state index contributed by atoms with van der Waals surface area (Å²) < 4.78 is 0. The van der Waals surface area contributed by atoms with Crippen molar-refractivity contribution in [2.75, 3.05) is 31.6 Å². The SMILES string of the molecule is CCC1CN(C)CCCN1c1cnccc1C(=O)O. The Labute approximate surface area is 113 Å². The molecule has 5 heteroatoms. The minimum atomic E-state index is -0.884. The van der Waals surface area contributed by atoms with E-state index < -0.39 is 5.97 Å². The van der Waals surface area contributed by atoms with E-state index in [0.29, 0.717) is 11.6 Å². The summed E-state index contributed by atoms with van der Waals surface area (Å²) >= 11 is 0. The first-order valence-corrected chi connectivity index (χ1v) is 6.76. The fourth-order valence-electron chi connectivity index (χ4n) is 2.71. The zero-order valence-corrected chi connectivity index (χ0v) is 11.5. The Hall–Kier alpha value is -1.62. The summed E-state index contributed by atoms with van der Waals surface area (Å²) in [5.74, 6) is -0.884. The maximum atomic E-state index is 11.3. The number of carboxylic acid groups (broad SMARTS) is 1. The topological polar surface area (TPSA) is 56.7 Å². The summed E-state index contributed by atoms with van der Waals surface area (Å²) in [7, 11) is 2.12. The highest BCUT2D eigenvalue weighted by Gasteiger charge is 2.25. The van der Waals surface area contributed by atoms with Crippen LogP contribution in [0.4, 0.5) is 5.69 Å². The lowest BCUT2D eigenvalue weighted by atomic mass is 10.1. The number of nitrogens with zero attached hydrogens (tertiary/aromatic N) is 3. The number of aromatic nitrogens is 1. The maximum absolute atomic E-state index is 11.3. The lowest BCUT2D eigenvalue weighted by Crippen LogP contribution is -2.40. The summed E-state index contributed by atoms with van der Waals surface area (Å²) in [6.07, 6.45) is 5.26. The van der Waals surface area contributed by atoms with Gasteiger partial charge in [-0.05, 0) is 32.5 Å². The number of pyridine rings is 1. The average molecular weight is 263 g/mol. The Morgan fingerprint density at radius 3 is 3.00 bits per heavy atom. The molecule has 1 aliphatic rings. The van der Waals surface area contributed by atoms with Crippen molar-refractivity contribution < 1.29 is 9.90 Å². The van der Waals surface area contributed by atoms with Crippen molar-refractivity contribution in [3.63, 3.8) is 0 Å². The van der Waals surface area contributed by atoms with Crippen molar-refractivity contribution in [3.8, 4) is 0 Å². The second-order valence-electron chi connectivity index (χ2n) is 5.07. The predicted octanol–water partition coefficient (Wildman–Crippen LogP) is 1.70. The first-order chi connectivity index (χ1) is 9.13. The van der Waals surface area contributed by atoms with Crippen LogP contribution in [0.25, 0.3) is 0 Å². The average Bonchev–Trinajstić information content (AvgIpc) is 2.60. The summed E-state index contributed by atoms with van der Waals surface area (Å²) in [4.78, 5) is 20.0. The van der Waals surface area contributed by atoms with Crippen LogP contribution >= 0.6 is 0 Å². The molecule has 1 aromatic heterocycles. The Bertz CT molecular complexity index is 450. The lowest BCUT2D eigenvalue weighted by Gasteiger charge is -2.32. The van der Waals surface area contributed by atoms with Crippen LogP contribution in [0.15, 0.2) is 18.5 Å². The van der Waals surface area contributed by atoms with Crippen molar-refractivity contribution in [1.29, 1.82) is 0 Å². The molecule has 1 fully saturated rings. The van der Waals surface area contributed by atoms with Crippen molar-refractivity contribution in [3.05, 3.63) is 24.0 Å². The number of likely N-dealkylation sites (N-methyl/N-ethyl adjacent to an activating group) is 1. The molecule has 2 rings (SSSR count). The molecule has 0 saturated carbocycles. The Morgan fingerprint density at radius 1 is 1.53 bits per heavy atom. The van der Waals surface area contributed by atoms with Gasteiger partial charge in [0.2, 0.25) is 0 Å². The molecule has 0 bridgehead atoms. The second-order valence-corrected chi connectivity index (χ2v) is 5.07. The molecule has 1 saturated heterocycles. The fourth-order valence-corrected chi connectivity index (χ4v) is 2.71. The van der Waals surface area contributed by atoms with Gasteiger partial charge in [-0.1, -0.05) is 6.92 Å². The van der Waals surface area contributed by atoms with Gasteiger partial charge in [0, 0.05) is 25.3 Å². The third-order valence-corrected chi connectivity index (χ3v) is 3.71. The molecule has 1 aromatic rings. The van der Waals surface area contributed by atoms with E-state index in [1.165, 1.54) is 6.20 Å². The van der Waals surface area contributed by atoms with Gasteiger partial charge >= 0.3 is 5.97 Å². The molecule has 5 nitrogen and oxygen atoms in total. The summed E-state index contributed by atoms with van der Waals surface area (Å²) in [6.45, 7) is 5.04. The zero-order chi connectivity index (χ0) is 13.8. The van der Waals surface area contributed by atoms with Gasteiger partial charge in [0.15, 0.2) is 0 Å². The molecule has 104 valence electrons. The highest BCUT2D eigenvalue weighted by Crippen LogP contribution is 2.25. The summed E-state index contributed by atoms with van der Waals surface area (Å²) in [5, 5.41) is 9.31. The Morgan fingerprint density at radius 2 is 2.32 bits per heavy atom. The van der Waals surface area contributed by atoms with Gasteiger partial charge in [0.1, 0.15) is 0 Å². The van der Waals surface area contributed by atoms with Crippen molar-refractivity contribution in [1.82, 2.24) is 9.88 Å². The molecule has 0 aromatic carbocycles. The highest BCUT2D eigenvalue weighted by molar-refractivity contribution is 5.94. The maximum Gasteiger partial charge on any atom is 0.337 e. The van der Waals surface area contributed by atoms with Crippen molar-refractivity contribution >= 4 is 11.7 Å². The second kappa shape index (κ2) is 6.02. The minimum Gasteiger partial charge on any atom is -0.478 e. The van der Waals surface area contributed by atoms with E-state index in [4.69, 9.17) is 0 Å². The van der Waals surface area contributed by atoms with E-state index in [0.717, 1.165) is 38.2 Å². The van der Waals surface area contributed by atoms with Gasteiger partial charge in [0.25, 0.3) is 0 Å². The number of hydrogen-bond donors (Lipinski definition) is 1. The van der Waals surface area contributed by atoms with Gasteiger partial charge < -0.3 is 14.9 Å². The van der Waals surface area contributed by atoms with Crippen LogP contribution in [0.5, 0.6) is 0 Å². The van der Waals surface area contributed by atoms with Gasteiger partial charge in [-0.15, -0.1) is 0 Å². The summed E-state index contributed by atoms with van der Waals surface area (Å²) in [6, 6.07) is 1.92. The van der Waals surface area contributed by atoms with Crippen LogP contribution in [0.2, 0.25) is 0 Å². The van der Waals surface area contributed by atoms with E-state index in [1.54, 1.807) is 12.3 Å². The van der Waals surface area contributed by atoms with Gasteiger partial charge in [0.05, 0.1) is 17.4 Å². The predicted molar refractivity (Wildman–Crippen MR) is 74.7 cm³/mol. The van der Waals surface area contributed by atoms with Crippen LogP contribution in [0.3, 0.4) is 0 Å². The molecule has 1 atom stereocenters. The first-order valence-electron chi connectivity index (χ1n) is 6.76. The zero-order valence-electron chi connectivity index (χ0n) is 11.5. The number of carbonyl (C=O) groups is 1. The molecule has 1 unspecified atom stereocenters. The summed E-state index contributed by atoms with van der Waals surface area (Å²) in [5.41, 5.74) is 1.09. The first kappa shape index (κ1) is 13.8. The quantitative estimate of drug-likeness (QED) is 0.899. The van der Waals surface area contributed by atoms with Crippen molar-refractivity contribution in [2.24, 2.45) is 0 Å². The molecule has 0 spiro atoms. The van der Waals surface area contributed by atoms with Crippen LogP contribution in [-0.4, -0.2) is 53.7 Å². The molecular weight excluding hydrogens is 242 g/mol. The van der Waals surface area contributed by atoms with Gasteiger partial charge in [-0.2, -0.15) is 0 Å². The van der Waals surface area contributed by atoms with Crippen LogP contribution < -0.4 is 4.90 Å². The van der Waals surface area contributed by atoms with E-state index in [2.05, 4.69) is 28.8 Å². The molecule has 0 amide bonds. The third kappa shape index (κ3) is 3.04. The monoisotopic (exact) mass is 263 g/mol.